The van der Waals surface area contributed by atoms with Crippen molar-refractivity contribution >= 4 is 28.7 Å². The first-order valence-electron chi connectivity index (χ1n) is 11.5. The number of hydrogen-bond acceptors (Lipinski definition) is 5. The van der Waals surface area contributed by atoms with Gasteiger partial charge in [0.15, 0.2) is 5.69 Å². The normalized spacial score (nSPS) is 29.0. The molecule has 32 heavy (non-hydrogen) atoms. The average Bonchev–Trinajstić information content (AvgIpc) is 3.28. The summed E-state index contributed by atoms with van der Waals surface area (Å²) in [6.45, 7) is 2.83. The lowest BCUT2D eigenvalue weighted by Crippen LogP contribution is -2.49. The lowest BCUT2D eigenvalue weighted by molar-refractivity contribution is -0.140. The number of amides is 2. The van der Waals surface area contributed by atoms with Gasteiger partial charge >= 0.3 is 5.97 Å². The van der Waals surface area contributed by atoms with Crippen molar-refractivity contribution in [3.63, 3.8) is 0 Å². The third kappa shape index (κ3) is 3.84. The molecule has 0 aromatic carbocycles. The third-order valence-electron chi connectivity index (χ3n) is 7.35. The molecule has 2 aliphatic carbocycles. The zero-order chi connectivity index (χ0) is 22.4. The molecule has 5 rings (SSSR count). The fourth-order valence-electron chi connectivity index (χ4n) is 5.67. The van der Waals surface area contributed by atoms with Crippen molar-refractivity contribution in [2.45, 2.75) is 64.1 Å². The van der Waals surface area contributed by atoms with Gasteiger partial charge in [0, 0.05) is 24.2 Å². The van der Waals surface area contributed by atoms with Gasteiger partial charge in [0.25, 0.3) is 0 Å². The van der Waals surface area contributed by atoms with Gasteiger partial charge in [-0.1, -0.05) is 19.8 Å². The molecule has 9 heteroatoms. The summed E-state index contributed by atoms with van der Waals surface area (Å²) in [5, 5.41) is 17.1. The molecule has 0 radical (unpaired) electrons. The molecule has 3 aliphatic rings. The maximum absolute atomic E-state index is 13.3. The number of likely N-dealkylation sites (tertiary alicyclic amines) is 1. The van der Waals surface area contributed by atoms with Crippen molar-refractivity contribution in [1.29, 1.82) is 0 Å². The number of hydrogen-bond donors (Lipinski definition) is 2. The fraction of sp³-hybridized carbons (Fsp3) is 0.609. The van der Waals surface area contributed by atoms with Crippen LogP contribution in [0, 0.1) is 17.8 Å². The monoisotopic (exact) mass is 439 g/mol. The van der Waals surface area contributed by atoms with E-state index in [4.69, 9.17) is 0 Å². The average molecular weight is 440 g/mol. The van der Waals surface area contributed by atoms with Crippen molar-refractivity contribution in [3.05, 3.63) is 24.2 Å². The maximum atomic E-state index is 13.3. The smallest absolute Gasteiger partial charge is 0.357 e. The lowest BCUT2D eigenvalue weighted by Gasteiger charge is -2.30. The Morgan fingerprint density at radius 1 is 1.22 bits per heavy atom. The summed E-state index contributed by atoms with van der Waals surface area (Å²) in [6.07, 6.45) is 9.42. The highest BCUT2D eigenvalue weighted by Crippen LogP contribution is 2.48. The number of pyridine rings is 1. The van der Waals surface area contributed by atoms with Crippen LogP contribution in [0.15, 0.2) is 18.5 Å². The number of carbonyl (C=O) groups is 3. The minimum atomic E-state index is -1.15. The molecule has 9 nitrogen and oxygen atoms in total. The molecule has 5 atom stereocenters. The van der Waals surface area contributed by atoms with Gasteiger partial charge in [-0.05, 0) is 49.5 Å². The highest BCUT2D eigenvalue weighted by Gasteiger charge is 2.56. The van der Waals surface area contributed by atoms with Gasteiger partial charge in [0.05, 0.1) is 11.7 Å². The first-order chi connectivity index (χ1) is 15.4. The number of aromatic nitrogens is 3. The van der Waals surface area contributed by atoms with Crippen LogP contribution in [0.2, 0.25) is 0 Å². The number of nitrogens with zero attached hydrogens (tertiary/aromatic N) is 4. The molecular formula is C23H29N5O4. The quantitative estimate of drug-likeness (QED) is 0.711. The second-order valence-electron chi connectivity index (χ2n) is 9.70. The second-order valence-corrected chi connectivity index (χ2v) is 9.70. The molecule has 2 aromatic rings. The minimum Gasteiger partial charge on any atom is -0.476 e. The zero-order valence-electron chi connectivity index (χ0n) is 18.2. The topological polar surface area (TPSA) is 117 Å². The molecule has 2 amide bonds. The van der Waals surface area contributed by atoms with Gasteiger partial charge in [-0.2, -0.15) is 5.10 Å². The van der Waals surface area contributed by atoms with Crippen molar-refractivity contribution < 1.29 is 19.5 Å². The molecule has 2 unspecified atom stereocenters. The lowest BCUT2D eigenvalue weighted by atomic mass is 9.82. The summed E-state index contributed by atoms with van der Waals surface area (Å²) in [7, 11) is 0. The Bertz CT molecular complexity index is 1070. The highest BCUT2D eigenvalue weighted by atomic mass is 16.4. The van der Waals surface area contributed by atoms with Crippen LogP contribution in [0.25, 0.3) is 10.9 Å². The molecule has 0 bridgehead atoms. The van der Waals surface area contributed by atoms with Crippen LogP contribution in [0.4, 0.5) is 0 Å². The molecular weight excluding hydrogens is 410 g/mol. The first kappa shape index (κ1) is 20.9. The molecule has 1 aliphatic heterocycles. The molecule has 2 N–H and O–H groups in total. The van der Waals surface area contributed by atoms with Gasteiger partial charge in [-0.25, -0.2) is 4.79 Å². The van der Waals surface area contributed by atoms with E-state index in [0.717, 1.165) is 19.3 Å². The summed E-state index contributed by atoms with van der Waals surface area (Å²) in [5.74, 6) is 0.186. The molecule has 3 heterocycles. The number of rotatable bonds is 6. The van der Waals surface area contributed by atoms with Crippen molar-refractivity contribution in [1.82, 2.24) is 25.0 Å². The Labute approximate surface area is 186 Å². The summed E-state index contributed by atoms with van der Waals surface area (Å²) >= 11 is 0. The van der Waals surface area contributed by atoms with Crippen molar-refractivity contribution in [2.75, 3.05) is 6.54 Å². The van der Waals surface area contributed by atoms with Crippen LogP contribution in [0.3, 0.4) is 0 Å². The van der Waals surface area contributed by atoms with Gasteiger partial charge in [-0.3, -0.25) is 19.3 Å². The fourth-order valence-corrected chi connectivity index (χ4v) is 5.67. The Hall–Kier alpha value is -2.97. The van der Waals surface area contributed by atoms with Crippen LogP contribution in [-0.4, -0.2) is 61.2 Å². The molecule has 170 valence electrons. The van der Waals surface area contributed by atoms with Crippen molar-refractivity contribution in [2.24, 2.45) is 17.8 Å². The van der Waals surface area contributed by atoms with Gasteiger partial charge < -0.3 is 15.3 Å². The molecule has 3 fully saturated rings. The van der Waals surface area contributed by atoms with Gasteiger partial charge in [-0.15, -0.1) is 0 Å². The number of carboxylic acid groups (broad SMARTS) is 1. The van der Waals surface area contributed by atoms with Gasteiger partial charge in [0.2, 0.25) is 11.8 Å². The van der Waals surface area contributed by atoms with E-state index in [9.17, 15) is 19.5 Å². The highest BCUT2D eigenvalue weighted by molar-refractivity contribution is 6.01. The standard InChI is InChI=1S/C23H29N5O4/c1-13-3-2-4-14(7-13)10-25-22(30)18-9-15-8-17(15)28(18)20(29)12-27-19-11-24-6-5-16(19)21(26-27)23(31)32/h5-6,11,13-15,17-18H,2-4,7-10,12H2,1H3,(H,25,30)(H,31,32)/t13?,14?,15-,17-,18+/m1/s1. The van der Waals surface area contributed by atoms with E-state index in [0.29, 0.717) is 41.6 Å². The van der Waals surface area contributed by atoms with Crippen LogP contribution in [-0.2, 0) is 16.1 Å². The zero-order valence-corrected chi connectivity index (χ0v) is 18.2. The summed E-state index contributed by atoms with van der Waals surface area (Å²) in [5.41, 5.74) is 0.397. The Kier molecular flexibility index (Phi) is 5.35. The summed E-state index contributed by atoms with van der Waals surface area (Å²) in [4.78, 5) is 43.6. The van der Waals surface area contributed by atoms with Crippen LogP contribution in [0.5, 0.6) is 0 Å². The Morgan fingerprint density at radius 3 is 2.84 bits per heavy atom. The first-order valence-corrected chi connectivity index (χ1v) is 11.5. The largest absolute Gasteiger partial charge is 0.476 e. The third-order valence-corrected chi connectivity index (χ3v) is 7.35. The molecule has 2 saturated carbocycles. The molecule has 2 aromatic heterocycles. The molecule has 1 saturated heterocycles. The number of carbonyl (C=O) groups excluding carboxylic acids is 2. The predicted molar refractivity (Wildman–Crippen MR) is 116 cm³/mol. The van der Waals surface area contributed by atoms with E-state index in [-0.39, 0.29) is 30.1 Å². The number of nitrogens with one attached hydrogen (secondary N) is 1. The number of carboxylic acids is 1. The summed E-state index contributed by atoms with van der Waals surface area (Å²) in [6, 6.07) is 1.24. The number of piperidine rings is 1. The second kappa shape index (κ2) is 8.18. The Balaban J connectivity index is 1.28. The SMILES string of the molecule is CC1CCCC(CNC(=O)[C@@H]2C[C@H]3C[C@H]3N2C(=O)Cn2nc(C(=O)O)c3ccncc32)C1. The number of fused-ring (bicyclic) bond motifs is 2. The number of aromatic carboxylic acids is 1. The van der Waals surface area contributed by atoms with E-state index in [2.05, 4.69) is 22.3 Å². The van der Waals surface area contributed by atoms with E-state index in [1.54, 1.807) is 11.0 Å². The van der Waals surface area contributed by atoms with E-state index in [1.807, 2.05) is 0 Å². The molecule has 0 spiro atoms. The van der Waals surface area contributed by atoms with E-state index in [1.165, 1.54) is 29.9 Å². The van der Waals surface area contributed by atoms with Crippen LogP contribution < -0.4 is 5.32 Å². The van der Waals surface area contributed by atoms with Crippen LogP contribution >= 0.6 is 0 Å². The Morgan fingerprint density at radius 2 is 2.06 bits per heavy atom. The minimum absolute atomic E-state index is 0.0676. The van der Waals surface area contributed by atoms with E-state index >= 15 is 0 Å². The maximum Gasteiger partial charge on any atom is 0.357 e. The van der Waals surface area contributed by atoms with E-state index < -0.39 is 12.0 Å². The van der Waals surface area contributed by atoms with Crippen molar-refractivity contribution in [3.8, 4) is 0 Å². The summed E-state index contributed by atoms with van der Waals surface area (Å²) < 4.78 is 1.39. The predicted octanol–water partition coefficient (Wildman–Crippen LogP) is 2.06. The van der Waals surface area contributed by atoms with Gasteiger partial charge in [0.1, 0.15) is 12.6 Å². The van der Waals surface area contributed by atoms with Crippen LogP contribution in [0.1, 0.15) is 55.9 Å².